The molecule has 0 atom stereocenters. The van der Waals surface area contributed by atoms with Crippen LogP contribution in [0.1, 0.15) is 17.4 Å². The molecule has 6 nitrogen and oxygen atoms in total. The van der Waals surface area contributed by atoms with Crippen molar-refractivity contribution < 1.29 is 14.6 Å². The zero-order valence-corrected chi connectivity index (χ0v) is 9.38. The van der Waals surface area contributed by atoms with Gasteiger partial charge in [-0.2, -0.15) is 0 Å². The summed E-state index contributed by atoms with van der Waals surface area (Å²) in [5.41, 5.74) is 0.212. The maximum absolute atomic E-state index is 11.3. The number of ether oxygens (including phenoxy) is 1. The lowest BCUT2D eigenvalue weighted by Gasteiger charge is -2.20. The number of methoxy groups -OCH3 is 1. The number of likely N-dealkylation sites (N-methyl/N-ethyl adjacent to an activating group) is 1. The van der Waals surface area contributed by atoms with Crippen LogP contribution in [0.4, 0.5) is 5.82 Å². The molecule has 0 bridgehead atoms. The maximum Gasteiger partial charge on any atom is 0.356 e. The van der Waals surface area contributed by atoms with Crippen LogP contribution in [-0.4, -0.2) is 47.8 Å². The molecule has 0 aliphatic heterocycles. The molecule has 0 aliphatic rings. The van der Waals surface area contributed by atoms with E-state index in [1.165, 1.54) is 13.4 Å². The van der Waals surface area contributed by atoms with Crippen molar-refractivity contribution in [1.82, 2.24) is 9.97 Å². The highest BCUT2D eigenvalue weighted by atomic mass is 16.5. The fourth-order valence-electron chi connectivity index (χ4n) is 1.29. The molecular formula is C10H15N3O3. The van der Waals surface area contributed by atoms with Crippen LogP contribution in [0.15, 0.2) is 12.4 Å². The van der Waals surface area contributed by atoms with Crippen molar-refractivity contribution in [3.8, 4) is 0 Å². The number of carbonyl (C=O) groups excluding carboxylic acids is 1. The molecule has 0 saturated carbocycles. The van der Waals surface area contributed by atoms with Gasteiger partial charge in [-0.3, -0.25) is 0 Å². The van der Waals surface area contributed by atoms with E-state index in [-0.39, 0.29) is 12.3 Å². The summed E-state index contributed by atoms with van der Waals surface area (Å²) in [5.74, 6) is 0.107. The summed E-state index contributed by atoms with van der Waals surface area (Å²) in [7, 11) is 1.30. The topological polar surface area (TPSA) is 75.5 Å². The van der Waals surface area contributed by atoms with Gasteiger partial charge >= 0.3 is 5.97 Å². The van der Waals surface area contributed by atoms with E-state index in [9.17, 15) is 4.79 Å². The number of rotatable bonds is 5. The van der Waals surface area contributed by atoms with Crippen LogP contribution < -0.4 is 4.90 Å². The average molecular weight is 225 g/mol. The number of aliphatic hydroxyl groups is 1. The van der Waals surface area contributed by atoms with Gasteiger partial charge in [0.25, 0.3) is 0 Å². The largest absolute Gasteiger partial charge is 0.464 e. The summed E-state index contributed by atoms with van der Waals surface area (Å²) in [4.78, 5) is 20.9. The van der Waals surface area contributed by atoms with Crippen molar-refractivity contribution in [2.45, 2.75) is 6.92 Å². The second-order valence-electron chi connectivity index (χ2n) is 3.06. The second kappa shape index (κ2) is 6.02. The third-order valence-corrected chi connectivity index (χ3v) is 2.12. The average Bonchev–Trinajstić information content (AvgIpc) is 2.35. The molecule has 0 radical (unpaired) electrons. The van der Waals surface area contributed by atoms with Gasteiger partial charge in [0, 0.05) is 19.2 Å². The molecule has 0 aromatic carbocycles. The normalized spacial score (nSPS) is 9.94. The lowest BCUT2D eigenvalue weighted by Crippen LogP contribution is -2.27. The van der Waals surface area contributed by atoms with Crippen molar-refractivity contribution in [3.63, 3.8) is 0 Å². The predicted octanol–water partition coefficient (Wildman–Crippen LogP) is 0.0818. The van der Waals surface area contributed by atoms with Gasteiger partial charge in [-0.25, -0.2) is 14.8 Å². The Bertz CT molecular complexity index is 357. The van der Waals surface area contributed by atoms with E-state index < -0.39 is 5.97 Å². The maximum atomic E-state index is 11.3. The van der Waals surface area contributed by atoms with Crippen molar-refractivity contribution >= 4 is 11.8 Å². The Morgan fingerprint density at radius 1 is 1.56 bits per heavy atom. The Balaban J connectivity index is 2.92. The third-order valence-electron chi connectivity index (χ3n) is 2.12. The lowest BCUT2D eigenvalue weighted by molar-refractivity contribution is 0.0594. The number of esters is 1. The van der Waals surface area contributed by atoms with E-state index in [4.69, 9.17) is 5.11 Å². The Kier molecular flexibility index (Phi) is 4.65. The van der Waals surface area contributed by atoms with Gasteiger partial charge in [0.15, 0.2) is 5.69 Å². The Labute approximate surface area is 93.9 Å². The molecule has 16 heavy (non-hydrogen) atoms. The molecule has 1 rings (SSSR count). The van der Waals surface area contributed by atoms with Crippen LogP contribution in [0, 0.1) is 0 Å². The first-order valence-corrected chi connectivity index (χ1v) is 4.99. The first-order chi connectivity index (χ1) is 7.72. The summed E-state index contributed by atoms with van der Waals surface area (Å²) in [6.07, 6.45) is 1.31. The van der Waals surface area contributed by atoms with Crippen LogP contribution in [0.5, 0.6) is 0 Å². The molecule has 6 heteroatoms. The minimum atomic E-state index is -0.497. The van der Waals surface area contributed by atoms with E-state index in [1.54, 1.807) is 6.07 Å². The van der Waals surface area contributed by atoms with Gasteiger partial charge in [-0.05, 0) is 6.92 Å². The summed E-state index contributed by atoms with van der Waals surface area (Å²) >= 11 is 0. The molecule has 0 fully saturated rings. The molecule has 0 spiro atoms. The highest BCUT2D eigenvalue weighted by Gasteiger charge is 2.11. The molecule has 0 aliphatic carbocycles. The number of aromatic nitrogens is 2. The van der Waals surface area contributed by atoms with Gasteiger partial charge in [-0.15, -0.1) is 0 Å². The van der Waals surface area contributed by atoms with Crippen LogP contribution in [0.25, 0.3) is 0 Å². The predicted molar refractivity (Wildman–Crippen MR) is 58.3 cm³/mol. The molecule has 0 amide bonds. The number of carbonyl (C=O) groups is 1. The molecule has 1 aromatic rings. The van der Waals surface area contributed by atoms with Crippen molar-refractivity contribution in [2.24, 2.45) is 0 Å². The van der Waals surface area contributed by atoms with Crippen molar-refractivity contribution in [1.29, 1.82) is 0 Å². The Hall–Kier alpha value is -1.69. The minimum absolute atomic E-state index is 0.0331. The van der Waals surface area contributed by atoms with E-state index in [0.717, 1.165) is 0 Å². The third kappa shape index (κ3) is 2.90. The van der Waals surface area contributed by atoms with Gasteiger partial charge in [0.2, 0.25) is 0 Å². The molecular weight excluding hydrogens is 210 g/mol. The van der Waals surface area contributed by atoms with E-state index in [2.05, 4.69) is 14.7 Å². The quantitative estimate of drug-likeness (QED) is 0.715. The number of hydrogen-bond donors (Lipinski definition) is 1. The van der Waals surface area contributed by atoms with Crippen LogP contribution in [-0.2, 0) is 4.74 Å². The van der Waals surface area contributed by atoms with Crippen LogP contribution in [0.2, 0.25) is 0 Å². The van der Waals surface area contributed by atoms with Gasteiger partial charge in [-0.1, -0.05) is 0 Å². The summed E-state index contributed by atoms with van der Waals surface area (Å²) in [6.45, 7) is 3.13. The molecule has 0 saturated heterocycles. The fourth-order valence-corrected chi connectivity index (χ4v) is 1.29. The number of aliphatic hydroxyl groups excluding tert-OH is 1. The van der Waals surface area contributed by atoms with E-state index in [0.29, 0.717) is 18.9 Å². The van der Waals surface area contributed by atoms with Crippen molar-refractivity contribution in [3.05, 3.63) is 18.1 Å². The van der Waals surface area contributed by atoms with Gasteiger partial charge in [0.05, 0.1) is 13.7 Å². The summed E-state index contributed by atoms with van der Waals surface area (Å²) < 4.78 is 4.57. The second-order valence-corrected chi connectivity index (χ2v) is 3.06. The molecule has 1 aromatic heterocycles. The summed E-state index contributed by atoms with van der Waals surface area (Å²) in [5, 5.41) is 8.88. The SMILES string of the molecule is CCN(CCO)c1cc(C(=O)OC)ncn1. The number of nitrogens with zero attached hydrogens (tertiary/aromatic N) is 3. The smallest absolute Gasteiger partial charge is 0.356 e. The molecule has 1 heterocycles. The van der Waals surface area contributed by atoms with Crippen LogP contribution in [0.3, 0.4) is 0 Å². The molecule has 1 N–H and O–H groups in total. The van der Waals surface area contributed by atoms with E-state index in [1.807, 2.05) is 11.8 Å². The minimum Gasteiger partial charge on any atom is -0.464 e. The van der Waals surface area contributed by atoms with E-state index >= 15 is 0 Å². The van der Waals surface area contributed by atoms with Gasteiger partial charge in [0.1, 0.15) is 12.1 Å². The Morgan fingerprint density at radius 3 is 2.88 bits per heavy atom. The van der Waals surface area contributed by atoms with Gasteiger partial charge < -0.3 is 14.7 Å². The van der Waals surface area contributed by atoms with Crippen LogP contribution >= 0.6 is 0 Å². The standard InChI is InChI=1S/C10H15N3O3/c1-3-13(4-5-14)9-6-8(10(15)16-2)11-7-12-9/h6-7,14H,3-5H2,1-2H3. The Morgan fingerprint density at radius 2 is 2.31 bits per heavy atom. The zero-order chi connectivity index (χ0) is 12.0. The van der Waals surface area contributed by atoms with Crippen molar-refractivity contribution in [2.75, 3.05) is 31.7 Å². The fraction of sp³-hybridized carbons (Fsp3) is 0.500. The first-order valence-electron chi connectivity index (χ1n) is 4.99. The molecule has 0 unspecified atom stereocenters. The number of anilines is 1. The monoisotopic (exact) mass is 225 g/mol. The first kappa shape index (κ1) is 12.4. The lowest BCUT2D eigenvalue weighted by atomic mass is 10.3. The summed E-state index contributed by atoms with van der Waals surface area (Å²) in [6, 6.07) is 1.55. The zero-order valence-electron chi connectivity index (χ0n) is 9.38. The number of hydrogen-bond acceptors (Lipinski definition) is 6. The molecule has 88 valence electrons. The highest BCUT2D eigenvalue weighted by Crippen LogP contribution is 2.10. The highest BCUT2D eigenvalue weighted by molar-refractivity contribution is 5.87.